The van der Waals surface area contributed by atoms with Crippen LogP contribution in [0.4, 0.5) is 17.1 Å². The van der Waals surface area contributed by atoms with Crippen LogP contribution in [0.3, 0.4) is 0 Å². The summed E-state index contributed by atoms with van der Waals surface area (Å²) >= 11 is 0. The summed E-state index contributed by atoms with van der Waals surface area (Å²) in [5.74, 6) is 0. The van der Waals surface area contributed by atoms with Gasteiger partial charge >= 0.3 is 0 Å². The Bertz CT molecular complexity index is 3550. The highest BCUT2D eigenvalue weighted by atomic mass is 15.1. The zero-order valence-corrected chi connectivity index (χ0v) is 35.2. The fourth-order valence-electron chi connectivity index (χ4n) is 12.4. The molecule has 1 spiro atoms. The molecule has 0 aliphatic heterocycles. The first kappa shape index (κ1) is 34.9. The van der Waals surface area contributed by atoms with Gasteiger partial charge in [-0.3, -0.25) is 0 Å². The van der Waals surface area contributed by atoms with Gasteiger partial charge in [-0.1, -0.05) is 196 Å². The second-order valence-electron chi connectivity index (χ2n) is 18.3. The fourth-order valence-corrected chi connectivity index (χ4v) is 12.4. The van der Waals surface area contributed by atoms with E-state index in [1.807, 2.05) is 0 Å². The molecular formula is C62H41N. The van der Waals surface area contributed by atoms with Gasteiger partial charge in [-0.25, -0.2) is 0 Å². The Balaban J connectivity index is 1.00. The Hall–Kier alpha value is -7.74. The van der Waals surface area contributed by atoms with Crippen LogP contribution in [0.15, 0.2) is 212 Å². The average molecular weight is 800 g/mol. The van der Waals surface area contributed by atoms with Crippen molar-refractivity contribution in [1.29, 1.82) is 0 Å². The van der Waals surface area contributed by atoms with E-state index in [1.54, 1.807) is 0 Å². The predicted octanol–water partition coefficient (Wildman–Crippen LogP) is 16.3. The topological polar surface area (TPSA) is 3.24 Å². The van der Waals surface area contributed by atoms with Crippen LogP contribution in [0, 0.1) is 0 Å². The maximum absolute atomic E-state index is 2.57. The summed E-state index contributed by atoms with van der Waals surface area (Å²) in [5.41, 5.74) is 26.6. The molecule has 0 saturated heterocycles. The molecule has 14 rings (SSSR count). The first-order chi connectivity index (χ1) is 31.0. The minimum absolute atomic E-state index is 0.137. The van der Waals surface area contributed by atoms with Crippen LogP contribution in [0.5, 0.6) is 0 Å². The zero-order valence-electron chi connectivity index (χ0n) is 35.2. The lowest BCUT2D eigenvalue weighted by atomic mass is 9.70. The third-order valence-electron chi connectivity index (χ3n) is 15.0. The SMILES string of the molecule is CC1(C)c2ccccc2-c2c(N(c3ccc(-c4ccc5c(c4)-c4cccc6cccc-5c46)cc3)c3cccc4c3-c3ccccc3C43c4ccccc4-c4ccccc43)cccc21. The van der Waals surface area contributed by atoms with Gasteiger partial charge in [-0.2, -0.15) is 0 Å². The van der Waals surface area contributed by atoms with Crippen LogP contribution in [-0.4, -0.2) is 0 Å². The van der Waals surface area contributed by atoms with Gasteiger partial charge in [-0.15, -0.1) is 0 Å². The highest BCUT2D eigenvalue weighted by Gasteiger charge is 2.52. The second-order valence-corrected chi connectivity index (χ2v) is 18.3. The van der Waals surface area contributed by atoms with Crippen molar-refractivity contribution in [3.8, 4) is 66.8 Å². The molecule has 10 aromatic rings. The van der Waals surface area contributed by atoms with E-state index in [4.69, 9.17) is 0 Å². The summed E-state index contributed by atoms with van der Waals surface area (Å²) in [7, 11) is 0. The van der Waals surface area contributed by atoms with Gasteiger partial charge in [0, 0.05) is 22.2 Å². The summed E-state index contributed by atoms with van der Waals surface area (Å²) in [6.07, 6.45) is 0. The third-order valence-corrected chi connectivity index (χ3v) is 15.0. The molecule has 10 aromatic carbocycles. The Kier molecular flexibility index (Phi) is 6.89. The molecular weight excluding hydrogens is 759 g/mol. The molecule has 0 saturated carbocycles. The van der Waals surface area contributed by atoms with Crippen LogP contribution >= 0.6 is 0 Å². The van der Waals surface area contributed by atoms with E-state index in [0.29, 0.717) is 0 Å². The van der Waals surface area contributed by atoms with Crippen LogP contribution in [0.1, 0.15) is 47.2 Å². The van der Waals surface area contributed by atoms with Crippen molar-refractivity contribution in [3.05, 3.63) is 246 Å². The van der Waals surface area contributed by atoms with Gasteiger partial charge < -0.3 is 4.90 Å². The standard InChI is InChI=1S/C62H41N/c1-61(2)50-23-7-5-19-47(50)59-54(61)27-13-29-56(59)63(41-34-31-38(32-35-41)40-33-36-42-45-21-11-15-39-16-12-22-46(58(39)45)49(42)37-40)57-30-14-28-55-60(57)48-20-6-10-26-53(48)62(55)51-24-8-3-17-43(51)44-18-4-9-25-52(44)62/h3-37H,1-2H3. The number of rotatable bonds is 4. The Morgan fingerprint density at radius 3 is 1.43 bits per heavy atom. The number of nitrogens with zero attached hydrogens (tertiary/aromatic N) is 1. The van der Waals surface area contributed by atoms with Crippen molar-refractivity contribution in [2.24, 2.45) is 0 Å². The first-order valence-corrected chi connectivity index (χ1v) is 22.3. The van der Waals surface area contributed by atoms with Crippen LogP contribution in [-0.2, 0) is 10.8 Å². The average Bonchev–Trinajstić information content (AvgIpc) is 4.01. The molecule has 4 aliphatic rings. The highest BCUT2D eigenvalue weighted by molar-refractivity contribution is 6.15. The van der Waals surface area contributed by atoms with Crippen molar-refractivity contribution < 1.29 is 0 Å². The minimum Gasteiger partial charge on any atom is -0.309 e. The molecule has 0 heterocycles. The largest absolute Gasteiger partial charge is 0.309 e. The van der Waals surface area contributed by atoms with Gasteiger partial charge in [0.25, 0.3) is 0 Å². The molecule has 1 heteroatoms. The summed E-state index contributed by atoms with van der Waals surface area (Å²) in [6.45, 7) is 4.76. The van der Waals surface area contributed by atoms with Crippen molar-refractivity contribution in [2.75, 3.05) is 4.90 Å². The maximum Gasteiger partial charge on any atom is 0.0726 e. The van der Waals surface area contributed by atoms with Gasteiger partial charge in [0.15, 0.2) is 0 Å². The van der Waals surface area contributed by atoms with Crippen LogP contribution < -0.4 is 4.90 Å². The Morgan fingerprint density at radius 2 is 0.778 bits per heavy atom. The fraction of sp³-hybridized carbons (Fsp3) is 0.0645. The molecule has 63 heavy (non-hydrogen) atoms. The molecule has 0 radical (unpaired) electrons. The molecule has 0 N–H and O–H groups in total. The highest BCUT2D eigenvalue weighted by Crippen LogP contribution is 2.65. The predicted molar refractivity (Wildman–Crippen MR) is 262 cm³/mol. The lowest BCUT2D eigenvalue weighted by molar-refractivity contribution is 0.660. The Morgan fingerprint density at radius 1 is 0.317 bits per heavy atom. The molecule has 0 fully saturated rings. The van der Waals surface area contributed by atoms with Gasteiger partial charge in [0.05, 0.1) is 16.8 Å². The van der Waals surface area contributed by atoms with E-state index < -0.39 is 5.41 Å². The summed E-state index contributed by atoms with van der Waals surface area (Å²) in [6, 6.07) is 80.2. The van der Waals surface area contributed by atoms with Gasteiger partial charge in [-0.05, 0) is 130 Å². The van der Waals surface area contributed by atoms with Crippen molar-refractivity contribution in [3.63, 3.8) is 0 Å². The number of anilines is 3. The molecule has 0 atom stereocenters. The molecule has 4 aliphatic carbocycles. The molecule has 294 valence electrons. The number of hydrogen-bond donors (Lipinski definition) is 0. The molecule has 0 bridgehead atoms. The second kappa shape index (κ2) is 12.4. The smallest absolute Gasteiger partial charge is 0.0726 e. The van der Waals surface area contributed by atoms with Crippen LogP contribution in [0.2, 0.25) is 0 Å². The number of hydrogen-bond acceptors (Lipinski definition) is 1. The van der Waals surface area contributed by atoms with Crippen molar-refractivity contribution in [1.82, 2.24) is 0 Å². The minimum atomic E-state index is -0.435. The summed E-state index contributed by atoms with van der Waals surface area (Å²) in [5, 5.41) is 2.66. The number of fused-ring (bicyclic) bond motifs is 16. The first-order valence-electron chi connectivity index (χ1n) is 22.3. The van der Waals surface area contributed by atoms with Gasteiger partial charge in [0.1, 0.15) is 0 Å². The molecule has 0 unspecified atom stereocenters. The maximum atomic E-state index is 2.57. The lowest BCUT2D eigenvalue weighted by Crippen LogP contribution is -2.26. The van der Waals surface area contributed by atoms with Gasteiger partial charge in [0.2, 0.25) is 0 Å². The monoisotopic (exact) mass is 799 g/mol. The molecule has 0 aromatic heterocycles. The Labute approximate surface area is 368 Å². The molecule has 0 amide bonds. The normalized spacial score (nSPS) is 14.4. The zero-order chi connectivity index (χ0) is 41.6. The lowest BCUT2D eigenvalue weighted by Gasteiger charge is -2.32. The summed E-state index contributed by atoms with van der Waals surface area (Å²) < 4.78 is 0. The summed E-state index contributed by atoms with van der Waals surface area (Å²) in [4.78, 5) is 2.57. The van der Waals surface area contributed by atoms with E-state index in [1.165, 1.54) is 122 Å². The molecule has 1 nitrogen and oxygen atoms in total. The third kappa shape index (κ3) is 4.41. The van der Waals surface area contributed by atoms with E-state index >= 15 is 0 Å². The van der Waals surface area contributed by atoms with Crippen molar-refractivity contribution in [2.45, 2.75) is 24.7 Å². The van der Waals surface area contributed by atoms with E-state index in [9.17, 15) is 0 Å². The van der Waals surface area contributed by atoms with E-state index in [0.717, 1.165) is 5.69 Å². The van der Waals surface area contributed by atoms with E-state index in [-0.39, 0.29) is 5.41 Å². The van der Waals surface area contributed by atoms with E-state index in [2.05, 4.69) is 231 Å². The van der Waals surface area contributed by atoms with Crippen LogP contribution in [0.25, 0.3) is 77.5 Å². The number of benzene rings is 10. The quantitative estimate of drug-likeness (QED) is 0.171. The van der Waals surface area contributed by atoms with Crippen molar-refractivity contribution >= 4 is 27.8 Å².